The molecule has 0 aromatic carbocycles. The summed E-state index contributed by atoms with van der Waals surface area (Å²) in [6, 6.07) is 0.214. The number of rotatable bonds is 2. The van der Waals surface area contributed by atoms with Crippen LogP contribution in [0.25, 0.3) is 0 Å². The number of carbonyl (C=O) groups is 1. The van der Waals surface area contributed by atoms with E-state index in [9.17, 15) is 4.79 Å². The Balaban J connectivity index is 2.02. The fourth-order valence-electron chi connectivity index (χ4n) is 1.88. The standard InChI is InChI=1S/C10H16N4O/c1-3-10(15)12-8-4-5-9-11-7(2)13-14(9)6-8/h8H,3-6H2,1-2H3,(H,12,15). The van der Waals surface area contributed by atoms with E-state index < -0.39 is 0 Å². The zero-order valence-corrected chi connectivity index (χ0v) is 9.16. The summed E-state index contributed by atoms with van der Waals surface area (Å²) in [6.07, 6.45) is 2.40. The van der Waals surface area contributed by atoms with Crippen LogP contribution in [0.5, 0.6) is 0 Å². The van der Waals surface area contributed by atoms with Gasteiger partial charge in [0, 0.05) is 18.9 Å². The van der Waals surface area contributed by atoms with E-state index in [0.717, 1.165) is 31.0 Å². The quantitative estimate of drug-likeness (QED) is 0.766. The largest absolute Gasteiger partial charge is 0.352 e. The van der Waals surface area contributed by atoms with Crippen LogP contribution in [0, 0.1) is 6.92 Å². The number of hydrogen-bond acceptors (Lipinski definition) is 3. The summed E-state index contributed by atoms with van der Waals surface area (Å²) in [4.78, 5) is 15.6. The Morgan fingerprint density at radius 3 is 3.20 bits per heavy atom. The number of nitrogens with zero attached hydrogens (tertiary/aromatic N) is 3. The molecule has 1 aromatic rings. The molecular weight excluding hydrogens is 192 g/mol. The van der Waals surface area contributed by atoms with Gasteiger partial charge in [0.25, 0.3) is 0 Å². The Kier molecular flexibility index (Phi) is 2.70. The third kappa shape index (κ3) is 2.16. The molecule has 2 heterocycles. The normalized spacial score (nSPS) is 19.7. The van der Waals surface area contributed by atoms with Gasteiger partial charge in [-0.25, -0.2) is 9.67 Å². The predicted octanol–water partition coefficient (Wildman–Crippen LogP) is 0.428. The monoisotopic (exact) mass is 208 g/mol. The smallest absolute Gasteiger partial charge is 0.219 e. The Labute approximate surface area is 88.9 Å². The molecule has 5 nitrogen and oxygen atoms in total. The second-order valence-corrected chi connectivity index (χ2v) is 3.91. The minimum Gasteiger partial charge on any atom is -0.352 e. The van der Waals surface area contributed by atoms with Crippen molar-refractivity contribution in [2.45, 2.75) is 45.7 Å². The lowest BCUT2D eigenvalue weighted by Gasteiger charge is -2.23. The van der Waals surface area contributed by atoms with E-state index in [1.807, 2.05) is 18.5 Å². The summed E-state index contributed by atoms with van der Waals surface area (Å²) >= 11 is 0. The molecule has 1 atom stereocenters. The van der Waals surface area contributed by atoms with Gasteiger partial charge in [-0.15, -0.1) is 0 Å². The van der Waals surface area contributed by atoms with E-state index in [0.29, 0.717) is 6.42 Å². The van der Waals surface area contributed by atoms with Gasteiger partial charge in [0.05, 0.1) is 6.54 Å². The van der Waals surface area contributed by atoms with Crippen molar-refractivity contribution in [3.8, 4) is 0 Å². The van der Waals surface area contributed by atoms with Gasteiger partial charge in [-0.3, -0.25) is 4.79 Å². The molecule has 0 aliphatic carbocycles. The van der Waals surface area contributed by atoms with Crippen LogP contribution in [0.1, 0.15) is 31.4 Å². The first kappa shape index (κ1) is 10.1. The van der Waals surface area contributed by atoms with Crippen molar-refractivity contribution < 1.29 is 4.79 Å². The highest BCUT2D eigenvalue weighted by Crippen LogP contribution is 2.12. The highest BCUT2D eigenvalue weighted by Gasteiger charge is 2.21. The maximum Gasteiger partial charge on any atom is 0.219 e. The Morgan fingerprint density at radius 2 is 2.47 bits per heavy atom. The van der Waals surface area contributed by atoms with Crippen LogP contribution in [0.3, 0.4) is 0 Å². The fraction of sp³-hybridized carbons (Fsp3) is 0.700. The van der Waals surface area contributed by atoms with Crippen molar-refractivity contribution in [2.75, 3.05) is 0 Å². The van der Waals surface area contributed by atoms with Crippen molar-refractivity contribution in [3.63, 3.8) is 0 Å². The van der Waals surface area contributed by atoms with Crippen molar-refractivity contribution in [1.82, 2.24) is 20.1 Å². The second kappa shape index (κ2) is 4.00. The third-order valence-corrected chi connectivity index (χ3v) is 2.65. The molecule has 0 fully saturated rings. The molecule has 0 saturated carbocycles. The molecule has 1 aliphatic heterocycles. The summed E-state index contributed by atoms with van der Waals surface area (Å²) in [5, 5.41) is 7.28. The number of aromatic nitrogens is 3. The van der Waals surface area contributed by atoms with Crippen LogP contribution in [-0.2, 0) is 17.8 Å². The molecule has 1 aliphatic rings. The van der Waals surface area contributed by atoms with Gasteiger partial charge in [-0.2, -0.15) is 5.10 Å². The molecule has 2 rings (SSSR count). The van der Waals surface area contributed by atoms with E-state index in [2.05, 4.69) is 15.4 Å². The number of carbonyl (C=O) groups excluding carboxylic acids is 1. The molecular formula is C10H16N4O. The first-order valence-corrected chi connectivity index (χ1v) is 5.38. The van der Waals surface area contributed by atoms with Gasteiger partial charge >= 0.3 is 0 Å². The molecule has 1 unspecified atom stereocenters. The first-order chi connectivity index (χ1) is 7.19. The van der Waals surface area contributed by atoms with Crippen LogP contribution in [0.15, 0.2) is 0 Å². The Bertz CT molecular complexity index is 371. The van der Waals surface area contributed by atoms with Crippen LogP contribution < -0.4 is 5.32 Å². The number of amides is 1. The molecule has 1 N–H and O–H groups in total. The van der Waals surface area contributed by atoms with E-state index >= 15 is 0 Å². The lowest BCUT2D eigenvalue weighted by molar-refractivity contribution is -0.121. The van der Waals surface area contributed by atoms with Gasteiger partial charge in [0.2, 0.25) is 5.91 Å². The lowest BCUT2D eigenvalue weighted by Crippen LogP contribution is -2.41. The lowest BCUT2D eigenvalue weighted by atomic mass is 10.1. The summed E-state index contributed by atoms with van der Waals surface area (Å²) < 4.78 is 1.90. The molecule has 0 spiro atoms. The topological polar surface area (TPSA) is 59.8 Å². The van der Waals surface area contributed by atoms with Crippen LogP contribution in [0.2, 0.25) is 0 Å². The average molecular weight is 208 g/mol. The van der Waals surface area contributed by atoms with Crippen LogP contribution in [0.4, 0.5) is 0 Å². The number of fused-ring (bicyclic) bond motifs is 1. The molecule has 15 heavy (non-hydrogen) atoms. The van der Waals surface area contributed by atoms with E-state index in [4.69, 9.17) is 0 Å². The van der Waals surface area contributed by atoms with Crippen molar-refractivity contribution in [3.05, 3.63) is 11.6 Å². The zero-order valence-electron chi connectivity index (χ0n) is 9.16. The highest BCUT2D eigenvalue weighted by atomic mass is 16.1. The zero-order chi connectivity index (χ0) is 10.8. The minimum absolute atomic E-state index is 0.111. The predicted molar refractivity (Wildman–Crippen MR) is 55.3 cm³/mol. The SMILES string of the molecule is CCC(=O)NC1CCc2nc(C)nn2C1. The van der Waals surface area contributed by atoms with Gasteiger partial charge in [-0.1, -0.05) is 6.92 Å². The van der Waals surface area contributed by atoms with Gasteiger partial charge < -0.3 is 5.32 Å². The number of aryl methyl sites for hydroxylation is 2. The molecule has 0 saturated heterocycles. The second-order valence-electron chi connectivity index (χ2n) is 3.91. The molecule has 1 aromatic heterocycles. The van der Waals surface area contributed by atoms with Crippen molar-refractivity contribution in [2.24, 2.45) is 0 Å². The molecule has 5 heteroatoms. The Hall–Kier alpha value is -1.39. The van der Waals surface area contributed by atoms with Gasteiger partial charge in [0.1, 0.15) is 11.6 Å². The average Bonchev–Trinajstić information content (AvgIpc) is 2.57. The van der Waals surface area contributed by atoms with E-state index in [-0.39, 0.29) is 11.9 Å². The molecule has 1 amide bonds. The van der Waals surface area contributed by atoms with Crippen molar-refractivity contribution in [1.29, 1.82) is 0 Å². The van der Waals surface area contributed by atoms with Gasteiger partial charge in [0.15, 0.2) is 0 Å². The summed E-state index contributed by atoms with van der Waals surface area (Å²) in [5.41, 5.74) is 0. The summed E-state index contributed by atoms with van der Waals surface area (Å²) in [6.45, 7) is 4.51. The Morgan fingerprint density at radius 1 is 1.67 bits per heavy atom. The number of hydrogen-bond donors (Lipinski definition) is 1. The summed E-state index contributed by atoms with van der Waals surface area (Å²) in [5.74, 6) is 1.96. The molecule has 0 bridgehead atoms. The summed E-state index contributed by atoms with van der Waals surface area (Å²) in [7, 11) is 0. The van der Waals surface area contributed by atoms with Gasteiger partial charge in [-0.05, 0) is 13.3 Å². The minimum atomic E-state index is 0.111. The maximum absolute atomic E-state index is 11.2. The number of nitrogens with one attached hydrogen (secondary N) is 1. The highest BCUT2D eigenvalue weighted by molar-refractivity contribution is 5.75. The third-order valence-electron chi connectivity index (χ3n) is 2.65. The maximum atomic E-state index is 11.2. The van der Waals surface area contributed by atoms with Crippen LogP contribution in [-0.4, -0.2) is 26.7 Å². The molecule has 0 radical (unpaired) electrons. The van der Waals surface area contributed by atoms with E-state index in [1.54, 1.807) is 0 Å². The first-order valence-electron chi connectivity index (χ1n) is 5.38. The van der Waals surface area contributed by atoms with Crippen molar-refractivity contribution >= 4 is 5.91 Å². The van der Waals surface area contributed by atoms with Crippen LogP contribution >= 0.6 is 0 Å². The fourth-order valence-corrected chi connectivity index (χ4v) is 1.88. The van der Waals surface area contributed by atoms with E-state index in [1.165, 1.54) is 0 Å². The molecule has 82 valence electrons.